The monoisotopic (exact) mass is 788 g/mol. The van der Waals surface area contributed by atoms with Crippen molar-refractivity contribution in [3.05, 3.63) is 41.3 Å². The molecule has 7 rings (SSSR count). The predicted octanol–water partition coefficient (Wildman–Crippen LogP) is 1.09. The van der Waals surface area contributed by atoms with E-state index < -0.39 is 74.1 Å². The van der Waals surface area contributed by atoms with E-state index in [1.807, 2.05) is 12.1 Å². The molecule has 0 radical (unpaired) electrons. The molecule has 4 amide bonds. The fourth-order valence-electron chi connectivity index (χ4n) is 7.58. The summed E-state index contributed by atoms with van der Waals surface area (Å²) >= 11 is 0. The molecule has 2 aliphatic heterocycles. The number of carbonyl (C=O) groups excluding carboxylic acids is 4. The maximum atomic E-state index is 14.6. The molecule has 3 heterocycles. The van der Waals surface area contributed by atoms with Crippen molar-refractivity contribution in [2.24, 2.45) is 17.3 Å². The average molecular weight is 789 g/mol. The van der Waals surface area contributed by atoms with E-state index in [0.29, 0.717) is 41.7 Å². The Morgan fingerprint density at radius 2 is 1.85 bits per heavy atom. The number of ether oxygens (including phenoxy) is 3. The van der Waals surface area contributed by atoms with Gasteiger partial charge in [-0.2, -0.15) is 0 Å². The Balaban J connectivity index is 0.00000514. The molecule has 0 unspecified atom stereocenters. The number of hydrogen-bond donors (Lipinski definition) is 2. The number of aromatic nitrogens is 2. The summed E-state index contributed by atoms with van der Waals surface area (Å²) in [5, 5.41) is 4.87. The maximum Gasteiger partial charge on any atom is 1.00 e. The van der Waals surface area contributed by atoms with Gasteiger partial charge in [-0.25, -0.2) is 23.2 Å². The molecule has 4 fully saturated rings. The van der Waals surface area contributed by atoms with Crippen LogP contribution in [0, 0.1) is 17.3 Å². The first-order chi connectivity index (χ1) is 25.6. The van der Waals surface area contributed by atoms with Crippen molar-refractivity contribution in [2.45, 2.75) is 120 Å². The van der Waals surface area contributed by atoms with Gasteiger partial charge in [-0.05, 0) is 68.4 Å². The van der Waals surface area contributed by atoms with Crippen molar-refractivity contribution in [1.29, 1.82) is 0 Å². The number of sulfonamides is 1. The Kier molecular flexibility index (Phi) is 11.8. The summed E-state index contributed by atoms with van der Waals surface area (Å²) in [6.07, 6.45) is 5.77. The van der Waals surface area contributed by atoms with Crippen LogP contribution in [-0.4, -0.2) is 95.8 Å². The molecular weight excluding hydrogens is 740 g/mol. The van der Waals surface area contributed by atoms with E-state index in [1.165, 1.54) is 11.0 Å². The summed E-state index contributed by atoms with van der Waals surface area (Å²) in [4.78, 5) is 66.7. The zero-order valence-electron chi connectivity index (χ0n) is 32.2. The molecule has 7 atom stereocenters. The Bertz CT molecular complexity index is 1970. The van der Waals surface area contributed by atoms with Gasteiger partial charge in [-0.3, -0.25) is 9.59 Å². The van der Waals surface area contributed by atoms with E-state index in [4.69, 9.17) is 24.2 Å². The number of nitrogens with one attached hydrogen (secondary N) is 2. The molecule has 3 aliphatic carbocycles. The third-order valence-corrected chi connectivity index (χ3v) is 12.9. The van der Waals surface area contributed by atoms with Crippen LogP contribution in [0.3, 0.4) is 0 Å². The van der Waals surface area contributed by atoms with Gasteiger partial charge in [0.2, 0.25) is 17.7 Å². The molecule has 1 aromatic heterocycles. The first kappa shape index (κ1) is 41.2. The number of rotatable bonds is 7. The zero-order valence-corrected chi connectivity index (χ0v) is 35.0. The van der Waals surface area contributed by atoms with Gasteiger partial charge < -0.3 is 39.3 Å². The van der Waals surface area contributed by atoms with Crippen LogP contribution >= 0.6 is 0 Å². The van der Waals surface area contributed by atoms with Crippen LogP contribution in [0.5, 0.6) is 11.6 Å². The van der Waals surface area contributed by atoms with Gasteiger partial charge in [-0.15, -0.1) is 6.58 Å². The van der Waals surface area contributed by atoms with Crippen LogP contribution in [0.1, 0.15) is 84.3 Å². The molecule has 15 nitrogen and oxygen atoms in total. The maximum absolute atomic E-state index is 14.6. The van der Waals surface area contributed by atoms with Crippen LogP contribution in [0.2, 0.25) is 0 Å². The summed E-state index contributed by atoms with van der Waals surface area (Å²) in [5.41, 5.74) is -0.522. The van der Waals surface area contributed by atoms with Crippen molar-refractivity contribution in [3.8, 4) is 11.6 Å². The van der Waals surface area contributed by atoms with Crippen molar-refractivity contribution in [3.63, 3.8) is 0 Å². The fourth-order valence-corrected chi connectivity index (χ4v) is 8.85. The number of hydrogen-bond acceptors (Lipinski definition) is 11. The molecule has 292 valence electrons. The molecule has 2 aromatic rings. The Labute approximate surface area is 343 Å². The second kappa shape index (κ2) is 15.8. The first-order valence-electron chi connectivity index (χ1n) is 18.9. The minimum Gasteiger partial charge on any atom is -0.544 e. The number of carbonyl (C=O) groups is 4. The van der Waals surface area contributed by atoms with Crippen LogP contribution in [0.25, 0.3) is 15.8 Å². The number of benzene rings is 1. The SMILES string of the molecule is C=C[C@@H]1C[C@]1(NC(=O)[C@@H]1C[C@@H]2CN1C(=O)[C@H](C(C)(C)C)NC(=O)O[C@@H]1C[C@H]1CCCCCc1nc3ccc(OC)cc3nc1O2)C(=O)[N-]S(=O)(=O)C1CC1.[Na+]. The van der Waals surface area contributed by atoms with Crippen molar-refractivity contribution < 1.29 is 71.4 Å². The summed E-state index contributed by atoms with van der Waals surface area (Å²) in [6, 6.07) is 3.17. The van der Waals surface area contributed by atoms with E-state index in [2.05, 4.69) is 21.9 Å². The third kappa shape index (κ3) is 8.92. The number of fused-ring (bicyclic) bond motifs is 5. The van der Waals surface area contributed by atoms with Gasteiger partial charge in [0, 0.05) is 23.7 Å². The topological polar surface area (TPSA) is 197 Å². The largest absolute Gasteiger partial charge is 1.00 e. The van der Waals surface area contributed by atoms with Gasteiger partial charge in [0.05, 0.1) is 46.2 Å². The molecule has 55 heavy (non-hydrogen) atoms. The minimum atomic E-state index is -4.03. The van der Waals surface area contributed by atoms with Crippen molar-refractivity contribution in [1.82, 2.24) is 25.5 Å². The van der Waals surface area contributed by atoms with Gasteiger partial charge in [0.15, 0.2) is 0 Å². The Hall–Kier alpha value is -3.47. The molecule has 0 spiro atoms. The molecule has 5 aliphatic rings. The molecule has 17 heteroatoms. The number of nitrogens with zero attached hydrogens (tertiary/aromatic N) is 4. The summed E-state index contributed by atoms with van der Waals surface area (Å²) < 4.78 is 46.6. The van der Waals surface area contributed by atoms with Gasteiger partial charge in [0.25, 0.3) is 0 Å². The zero-order chi connectivity index (χ0) is 38.6. The average Bonchev–Trinajstić information content (AvgIpc) is 4.04. The standard InChI is InChI=1S/C38H50N6O9S.Na/c1-6-22-19-38(22,35(47)43-54(49,50)25-13-14-25)42-32(45)29-18-24-20-44(29)34(46)31(37(2,3)4)41-36(48)53-30-16-21(30)10-8-7-9-11-27-33(52-24)40-28-17-23(51-5)12-15-26(28)39-27;/h6,12,15,17,21-22,24-25,29-31H,1,7-11,13-14,16,18-20H2,2-5H3,(H3,41,42,43,45,47,48);/q;+1/p-1/t21-,22-,24-,29+,30-,31-,38-;/m1./s1. The molecule has 2 bridgehead atoms. The molecule has 2 N–H and O–H groups in total. The number of methoxy groups -OCH3 is 1. The summed E-state index contributed by atoms with van der Waals surface area (Å²) in [5.74, 6) is -1.59. The van der Waals surface area contributed by atoms with Crippen molar-refractivity contribution >= 4 is 44.9 Å². The quantitative estimate of drug-likeness (QED) is 0.301. The van der Waals surface area contributed by atoms with Crippen LogP contribution < -0.4 is 49.7 Å². The molecule has 1 saturated heterocycles. The van der Waals surface area contributed by atoms with E-state index in [1.54, 1.807) is 33.9 Å². The number of alkyl carbamates (subject to hydrolysis) is 1. The van der Waals surface area contributed by atoms with Crippen LogP contribution in [0.4, 0.5) is 4.79 Å². The number of amides is 4. The van der Waals surface area contributed by atoms with E-state index >= 15 is 0 Å². The summed E-state index contributed by atoms with van der Waals surface area (Å²) in [7, 11) is -2.46. The van der Waals surface area contributed by atoms with Crippen LogP contribution in [0.15, 0.2) is 30.9 Å². The first-order valence-corrected chi connectivity index (χ1v) is 20.4. The second-order valence-electron chi connectivity index (χ2n) is 16.4. The van der Waals surface area contributed by atoms with Gasteiger partial charge in [0.1, 0.15) is 35.7 Å². The van der Waals surface area contributed by atoms with E-state index in [0.717, 1.165) is 32.1 Å². The van der Waals surface area contributed by atoms with Gasteiger partial charge >= 0.3 is 35.7 Å². The number of aryl methyl sites for hydroxylation is 1. The van der Waals surface area contributed by atoms with Crippen molar-refractivity contribution in [2.75, 3.05) is 13.7 Å². The smallest absolute Gasteiger partial charge is 0.544 e. The molecular formula is C38H49N6NaO9S. The third-order valence-electron chi connectivity index (χ3n) is 11.2. The fraction of sp³-hybridized carbons (Fsp3) is 0.632. The summed E-state index contributed by atoms with van der Waals surface area (Å²) in [6.45, 7) is 9.14. The van der Waals surface area contributed by atoms with E-state index in [-0.39, 0.29) is 66.8 Å². The Morgan fingerprint density at radius 1 is 1.09 bits per heavy atom. The normalized spacial score (nSPS) is 29.7. The Morgan fingerprint density at radius 3 is 2.53 bits per heavy atom. The van der Waals surface area contributed by atoms with Crippen LogP contribution in [-0.2, 0) is 35.6 Å². The second-order valence-corrected chi connectivity index (χ2v) is 18.3. The minimum absolute atomic E-state index is 0. The predicted molar refractivity (Wildman–Crippen MR) is 197 cm³/mol. The van der Waals surface area contributed by atoms with Gasteiger partial charge in [-0.1, -0.05) is 39.7 Å². The van der Waals surface area contributed by atoms with E-state index in [9.17, 15) is 27.6 Å². The molecule has 3 saturated carbocycles. The molecule has 1 aromatic carbocycles.